The molecule has 2 aliphatic heterocycles. The smallest absolute Gasteiger partial charge is 0.231 e. The van der Waals surface area contributed by atoms with E-state index in [2.05, 4.69) is 10.6 Å². The average molecular weight is 397 g/mol. The van der Waals surface area contributed by atoms with E-state index in [1.165, 1.54) is 0 Å². The Morgan fingerprint density at radius 1 is 1.27 bits per heavy atom. The molecule has 1 amide bonds. The highest BCUT2D eigenvalue weighted by Gasteiger charge is 2.27. The number of hydrogen-bond acceptors (Lipinski definition) is 3. The second-order valence-corrected chi connectivity index (χ2v) is 6.88. The first-order valence-corrected chi connectivity index (χ1v) is 8.72. The van der Waals surface area contributed by atoms with Crippen molar-refractivity contribution in [2.45, 2.75) is 19.4 Å². The fourth-order valence-electron chi connectivity index (χ4n) is 3.40. The van der Waals surface area contributed by atoms with Crippen molar-refractivity contribution in [2.75, 3.05) is 18.5 Å². The highest BCUT2D eigenvalue weighted by atomic mass is 35.5. The highest BCUT2D eigenvalue weighted by molar-refractivity contribution is 6.30. The maximum absolute atomic E-state index is 14.7. The average Bonchev–Trinajstić information content (AvgIpc) is 2.63. The van der Waals surface area contributed by atoms with Crippen LogP contribution in [0.3, 0.4) is 0 Å². The van der Waals surface area contributed by atoms with E-state index >= 15 is 0 Å². The Morgan fingerprint density at radius 3 is 2.96 bits per heavy atom. The summed E-state index contributed by atoms with van der Waals surface area (Å²) in [6.45, 7) is 1.68. The number of carbonyl (C=O) groups is 1. The van der Waals surface area contributed by atoms with Crippen LogP contribution in [0.1, 0.15) is 16.7 Å². The summed E-state index contributed by atoms with van der Waals surface area (Å²) in [5.41, 5.74) is 2.78. The Morgan fingerprint density at radius 2 is 2.12 bits per heavy atom. The molecule has 0 aliphatic carbocycles. The van der Waals surface area contributed by atoms with Gasteiger partial charge >= 0.3 is 0 Å². The van der Waals surface area contributed by atoms with Gasteiger partial charge in [0.25, 0.3) is 0 Å². The van der Waals surface area contributed by atoms with Crippen molar-refractivity contribution in [2.24, 2.45) is 5.92 Å². The fourth-order valence-corrected chi connectivity index (χ4v) is 3.59. The minimum atomic E-state index is -0.372. The van der Waals surface area contributed by atoms with Gasteiger partial charge in [0.15, 0.2) is 0 Å². The van der Waals surface area contributed by atoms with Gasteiger partial charge in [-0.1, -0.05) is 17.7 Å². The van der Waals surface area contributed by atoms with E-state index in [1.54, 1.807) is 12.1 Å². The SMILES string of the molecule is Cl.O=C(Nc1ccc2c(c1F)CCNC2)C1COc2ccc(Cl)cc2C1. The third kappa shape index (κ3) is 3.65. The number of ether oxygens (including phenoxy) is 1. The van der Waals surface area contributed by atoms with E-state index in [4.69, 9.17) is 16.3 Å². The predicted molar refractivity (Wildman–Crippen MR) is 102 cm³/mol. The lowest BCUT2D eigenvalue weighted by Crippen LogP contribution is -2.33. The number of nitrogens with one attached hydrogen (secondary N) is 2. The van der Waals surface area contributed by atoms with E-state index in [-0.39, 0.29) is 42.3 Å². The normalized spacial score (nSPS) is 18.0. The molecule has 1 unspecified atom stereocenters. The van der Waals surface area contributed by atoms with Crippen molar-refractivity contribution in [3.63, 3.8) is 0 Å². The third-order valence-corrected chi connectivity index (χ3v) is 5.00. The summed E-state index contributed by atoms with van der Waals surface area (Å²) in [5.74, 6) is -0.185. The number of halogens is 3. The van der Waals surface area contributed by atoms with Crippen LogP contribution in [0.4, 0.5) is 10.1 Å². The number of hydrogen-bond donors (Lipinski definition) is 2. The molecule has 2 aliphatic rings. The lowest BCUT2D eigenvalue weighted by molar-refractivity contribution is -0.121. The van der Waals surface area contributed by atoms with Gasteiger partial charge in [-0.25, -0.2) is 4.39 Å². The lowest BCUT2D eigenvalue weighted by atomic mass is 9.95. The maximum atomic E-state index is 14.7. The molecule has 4 nitrogen and oxygen atoms in total. The van der Waals surface area contributed by atoms with Gasteiger partial charge in [-0.05, 0) is 60.3 Å². The Kier molecular flexibility index (Phi) is 5.70. The van der Waals surface area contributed by atoms with Crippen LogP contribution in [-0.2, 0) is 24.2 Å². The van der Waals surface area contributed by atoms with Gasteiger partial charge in [0.2, 0.25) is 5.91 Å². The monoisotopic (exact) mass is 396 g/mol. The van der Waals surface area contributed by atoms with Crippen LogP contribution < -0.4 is 15.4 Å². The molecule has 7 heteroatoms. The van der Waals surface area contributed by atoms with Crippen molar-refractivity contribution in [3.05, 3.63) is 57.9 Å². The fraction of sp³-hybridized carbons (Fsp3) is 0.316. The van der Waals surface area contributed by atoms with Crippen LogP contribution in [-0.4, -0.2) is 19.1 Å². The van der Waals surface area contributed by atoms with Gasteiger partial charge in [0.1, 0.15) is 18.2 Å². The maximum Gasteiger partial charge on any atom is 0.231 e. The summed E-state index contributed by atoms with van der Waals surface area (Å²) in [4.78, 5) is 12.6. The van der Waals surface area contributed by atoms with E-state index in [9.17, 15) is 9.18 Å². The van der Waals surface area contributed by atoms with Crippen LogP contribution in [0, 0.1) is 11.7 Å². The summed E-state index contributed by atoms with van der Waals surface area (Å²) < 4.78 is 20.3. The molecule has 2 N–H and O–H groups in total. The second-order valence-electron chi connectivity index (χ2n) is 6.44. The lowest BCUT2D eigenvalue weighted by Gasteiger charge is -2.25. The first kappa shape index (κ1) is 19.0. The summed E-state index contributed by atoms with van der Waals surface area (Å²) in [5, 5.41) is 6.55. The van der Waals surface area contributed by atoms with Gasteiger partial charge in [0, 0.05) is 11.6 Å². The van der Waals surface area contributed by atoms with Gasteiger partial charge < -0.3 is 15.4 Å². The Labute approximate surface area is 162 Å². The number of rotatable bonds is 2. The molecule has 26 heavy (non-hydrogen) atoms. The predicted octanol–water partition coefficient (Wildman–Crippen LogP) is 3.74. The number of amides is 1. The van der Waals surface area contributed by atoms with Crippen LogP contribution >= 0.6 is 24.0 Å². The van der Waals surface area contributed by atoms with Gasteiger partial charge in [-0.15, -0.1) is 12.4 Å². The minimum absolute atomic E-state index is 0. The van der Waals surface area contributed by atoms with Gasteiger partial charge in [-0.3, -0.25) is 4.79 Å². The zero-order valence-electron chi connectivity index (χ0n) is 14.0. The largest absolute Gasteiger partial charge is 0.492 e. The zero-order valence-corrected chi connectivity index (χ0v) is 15.6. The highest BCUT2D eigenvalue weighted by Crippen LogP contribution is 2.31. The summed E-state index contributed by atoms with van der Waals surface area (Å²) in [6.07, 6.45) is 1.15. The summed E-state index contributed by atoms with van der Waals surface area (Å²) >= 11 is 6.01. The molecule has 138 valence electrons. The van der Waals surface area contributed by atoms with Gasteiger partial charge in [0.05, 0.1) is 11.6 Å². The molecule has 0 bridgehead atoms. The number of benzene rings is 2. The van der Waals surface area contributed by atoms with Crippen molar-refractivity contribution < 1.29 is 13.9 Å². The molecule has 2 aromatic carbocycles. The quantitative estimate of drug-likeness (QED) is 0.812. The molecule has 0 spiro atoms. The molecule has 2 aromatic rings. The van der Waals surface area contributed by atoms with E-state index < -0.39 is 0 Å². The van der Waals surface area contributed by atoms with E-state index in [1.807, 2.05) is 18.2 Å². The molecule has 1 atom stereocenters. The second kappa shape index (κ2) is 7.82. The molecule has 0 saturated heterocycles. The molecule has 2 heterocycles. The number of carbonyl (C=O) groups excluding carboxylic acids is 1. The van der Waals surface area contributed by atoms with Crippen LogP contribution in [0.5, 0.6) is 5.75 Å². The molecule has 0 saturated carbocycles. The van der Waals surface area contributed by atoms with Crippen LogP contribution in [0.15, 0.2) is 30.3 Å². The standard InChI is InChI=1S/C19H18ClFN2O2.ClH/c20-14-2-4-17-12(8-14)7-13(10-25-17)19(24)23-16-3-1-11-9-22-6-5-15(11)18(16)21;/h1-4,8,13,22H,5-7,9-10H2,(H,23,24);1H. The van der Waals surface area contributed by atoms with Crippen LogP contribution in [0.2, 0.25) is 5.02 Å². The number of fused-ring (bicyclic) bond motifs is 2. The third-order valence-electron chi connectivity index (χ3n) is 4.76. The molecule has 0 radical (unpaired) electrons. The minimum Gasteiger partial charge on any atom is -0.492 e. The van der Waals surface area contributed by atoms with Crippen LogP contribution in [0.25, 0.3) is 0 Å². The molecule has 0 fully saturated rings. The Bertz CT molecular complexity index is 845. The van der Waals surface area contributed by atoms with E-state index in [0.717, 1.165) is 23.4 Å². The molecule has 0 aromatic heterocycles. The Hall–Kier alpha value is -1.82. The van der Waals surface area contributed by atoms with Crippen molar-refractivity contribution in [1.82, 2.24) is 5.32 Å². The summed E-state index contributed by atoms with van der Waals surface area (Å²) in [6, 6.07) is 8.88. The molecular formula is C19H19Cl2FN2O2. The topological polar surface area (TPSA) is 50.4 Å². The van der Waals surface area contributed by atoms with E-state index in [0.29, 0.717) is 30.0 Å². The first-order chi connectivity index (χ1) is 12.1. The molecule has 4 rings (SSSR count). The van der Waals surface area contributed by atoms with Gasteiger partial charge in [-0.2, -0.15) is 0 Å². The van der Waals surface area contributed by atoms with Crippen molar-refractivity contribution >= 4 is 35.6 Å². The van der Waals surface area contributed by atoms with Crippen molar-refractivity contribution in [1.29, 1.82) is 0 Å². The molecular weight excluding hydrogens is 378 g/mol. The summed E-state index contributed by atoms with van der Waals surface area (Å²) in [7, 11) is 0. The zero-order chi connectivity index (χ0) is 17.4. The number of anilines is 1. The Balaban J connectivity index is 0.00000196. The first-order valence-electron chi connectivity index (χ1n) is 8.35. The van der Waals surface area contributed by atoms with Crippen molar-refractivity contribution in [3.8, 4) is 5.75 Å².